The van der Waals surface area contributed by atoms with Gasteiger partial charge in [0.1, 0.15) is 0 Å². The Bertz CT molecular complexity index is 753. The molecular weight excluding hydrogens is 314 g/mol. The van der Waals surface area contributed by atoms with Crippen LogP contribution in [-0.4, -0.2) is 27.9 Å². The van der Waals surface area contributed by atoms with Crippen LogP contribution in [0.5, 0.6) is 0 Å². The summed E-state index contributed by atoms with van der Waals surface area (Å²) in [5.74, 6) is -0.451. The lowest BCUT2D eigenvalue weighted by Gasteiger charge is -2.30. The van der Waals surface area contributed by atoms with Crippen LogP contribution in [0.4, 0.5) is 0 Å². The van der Waals surface area contributed by atoms with E-state index in [2.05, 4.69) is 6.92 Å². The van der Waals surface area contributed by atoms with Gasteiger partial charge in [-0.2, -0.15) is 0 Å². The molecule has 3 rings (SSSR count). The summed E-state index contributed by atoms with van der Waals surface area (Å²) < 4.78 is 0. The van der Waals surface area contributed by atoms with Gasteiger partial charge in [0, 0.05) is 12.6 Å². The minimum atomic E-state index is -0.992. The first-order chi connectivity index (χ1) is 12.1. The lowest BCUT2D eigenvalue weighted by molar-refractivity contribution is -0.133. The molecule has 1 aliphatic rings. The number of hydrogen-bond donors (Lipinski definition) is 1. The van der Waals surface area contributed by atoms with Crippen LogP contribution in [0.2, 0.25) is 0 Å². The molecule has 25 heavy (non-hydrogen) atoms. The fourth-order valence-electron chi connectivity index (χ4n) is 3.22. The van der Waals surface area contributed by atoms with Crippen molar-refractivity contribution in [1.82, 2.24) is 4.90 Å². The topological polar surface area (TPSA) is 57.6 Å². The standard InChI is InChI=1S/C21H23NO3/c1-15(17-11-12-17)22(14-16-7-3-2-4-8-16)20(23)13-18-9-5-6-10-19(18)21(24)25/h2-10,15,17H,11-14H2,1H3,(H,24,25). The highest BCUT2D eigenvalue weighted by Crippen LogP contribution is 2.36. The van der Waals surface area contributed by atoms with Crippen molar-refractivity contribution in [1.29, 1.82) is 0 Å². The van der Waals surface area contributed by atoms with E-state index in [1.165, 1.54) is 0 Å². The quantitative estimate of drug-likeness (QED) is 0.837. The summed E-state index contributed by atoms with van der Waals surface area (Å²) in [5, 5.41) is 9.33. The van der Waals surface area contributed by atoms with Crippen molar-refractivity contribution in [3.8, 4) is 0 Å². The third-order valence-electron chi connectivity index (χ3n) is 4.90. The zero-order valence-electron chi connectivity index (χ0n) is 14.4. The number of carbonyl (C=O) groups excluding carboxylic acids is 1. The minimum absolute atomic E-state index is 0.0167. The highest BCUT2D eigenvalue weighted by Gasteiger charge is 2.34. The zero-order chi connectivity index (χ0) is 17.8. The Hall–Kier alpha value is -2.62. The number of carboxylic acid groups (broad SMARTS) is 1. The van der Waals surface area contributed by atoms with E-state index in [0.29, 0.717) is 18.0 Å². The summed E-state index contributed by atoms with van der Waals surface area (Å²) in [6, 6.07) is 16.9. The lowest BCUT2D eigenvalue weighted by Crippen LogP contribution is -2.40. The summed E-state index contributed by atoms with van der Waals surface area (Å²) in [5.41, 5.74) is 1.87. The van der Waals surface area contributed by atoms with Crippen LogP contribution < -0.4 is 0 Å². The molecule has 1 aliphatic carbocycles. The number of amides is 1. The average molecular weight is 337 g/mol. The lowest BCUT2D eigenvalue weighted by atomic mass is 10.0. The molecule has 0 radical (unpaired) electrons. The van der Waals surface area contributed by atoms with Gasteiger partial charge in [-0.15, -0.1) is 0 Å². The van der Waals surface area contributed by atoms with Gasteiger partial charge in [-0.05, 0) is 42.9 Å². The molecule has 0 saturated heterocycles. The first-order valence-corrected chi connectivity index (χ1v) is 8.71. The molecule has 1 unspecified atom stereocenters. The average Bonchev–Trinajstić information content (AvgIpc) is 3.45. The fourth-order valence-corrected chi connectivity index (χ4v) is 3.22. The molecule has 4 nitrogen and oxygen atoms in total. The molecule has 1 saturated carbocycles. The van der Waals surface area contributed by atoms with Crippen LogP contribution in [0.25, 0.3) is 0 Å². The predicted octanol–water partition coefficient (Wildman–Crippen LogP) is 3.75. The van der Waals surface area contributed by atoms with Crippen molar-refractivity contribution in [2.75, 3.05) is 0 Å². The molecule has 2 aromatic carbocycles. The van der Waals surface area contributed by atoms with Crippen LogP contribution in [0, 0.1) is 5.92 Å². The molecule has 0 aromatic heterocycles. The Balaban J connectivity index is 1.80. The molecule has 1 amide bonds. The Labute approximate surface area is 148 Å². The molecule has 0 spiro atoms. The van der Waals surface area contributed by atoms with Crippen molar-refractivity contribution < 1.29 is 14.7 Å². The maximum Gasteiger partial charge on any atom is 0.335 e. The van der Waals surface area contributed by atoms with Crippen LogP contribution in [0.15, 0.2) is 54.6 Å². The highest BCUT2D eigenvalue weighted by atomic mass is 16.4. The van der Waals surface area contributed by atoms with Gasteiger partial charge in [0.2, 0.25) is 5.91 Å². The van der Waals surface area contributed by atoms with Gasteiger partial charge in [0.15, 0.2) is 0 Å². The number of hydrogen-bond acceptors (Lipinski definition) is 2. The number of benzene rings is 2. The van der Waals surface area contributed by atoms with Gasteiger partial charge in [-0.25, -0.2) is 4.79 Å². The van der Waals surface area contributed by atoms with Crippen molar-refractivity contribution in [3.63, 3.8) is 0 Å². The van der Waals surface area contributed by atoms with Crippen molar-refractivity contribution >= 4 is 11.9 Å². The first kappa shape index (κ1) is 17.2. The maximum atomic E-state index is 13.0. The van der Waals surface area contributed by atoms with Crippen molar-refractivity contribution in [2.45, 2.75) is 38.8 Å². The van der Waals surface area contributed by atoms with Gasteiger partial charge >= 0.3 is 5.97 Å². The van der Waals surface area contributed by atoms with E-state index in [1.54, 1.807) is 24.3 Å². The fraction of sp³-hybridized carbons (Fsp3) is 0.333. The molecule has 130 valence electrons. The van der Waals surface area contributed by atoms with E-state index in [-0.39, 0.29) is 23.9 Å². The molecule has 0 bridgehead atoms. The van der Waals surface area contributed by atoms with E-state index in [0.717, 1.165) is 18.4 Å². The van der Waals surface area contributed by atoms with Crippen LogP contribution >= 0.6 is 0 Å². The SMILES string of the molecule is CC(C1CC1)N(Cc1ccccc1)C(=O)Cc1ccccc1C(=O)O. The molecule has 2 aromatic rings. The van der Waals surface area contributed by atoms with Gasteiger partial charge in [0.05, 0.1) is 12.0 Å². The second-order valence-corrected chi connectivity index (χ2v) is 6.72. The molecule has 1 N–H and O–H groups in total. The Kier molecular flexibility index (Phi) is 5.17. The monoisotopic (exact) mass is 337 g/mol. The summed E-state index contributed by atoms with van der Waals surface area (Å²) in [6.07, 6.45) is 2.43. The smallest absolute Gasteiger partial charge is 0.335 e. The molecule has 1 atom stereocenters. The van der Waals surface area contributed by atoms with E-state index < -0.39 is 5.97 Å². The predicted molar refractivity (Wildman–Crippen MR) is 96.3 cm³/mol. The van der Waals surface area contributed by atoms with Gasteiger partial charge in [0.25, 0.3) is 0 Å². The maximum absolute atomic E-state index is 13.0. The van der Waals surface area contributed by atoms with Crippen LogP contribution in [0.1, 0.15) is 41.3 Å². The second kappa shape index (κ2) is 7.51. The van der Waals surface area contributed by atoms with E-state index >= 15 is 0 Å². The largest absolute Gasteiger partial charge is 0.478 e. The van der Waals surface area contributed by atoms with Crippen LogP contribution in [-0.2, 0) is 17.8 Å². The Morgan fingerprint density at radius 2 is 1.72 bits per heavy atom. The number of carbonyl (C=O) groups is 2. The summed E-state index contributed by atoms with van der Waals surface area (Å²) in [7, 11) is 0. The summed E-state index contributed by atoms with van der Waals surface area (Å²) >= 11 is 0. The third kappa shape index (κ3) is 4.27. The minimum Gasteiger partial charge on any atom is -0.478 e. The van der Waals surface area contributed by atoms with Gasteiger partial charge < -0.3 is 10.0 Å². The Morgan fingerprint density at radius 1 is 1.08 bits per heavy atom. The number of nitrogens with zero attached hydrogens (tertiary/aromatic N) is 1. The molecule has 0 heterocycles. The molecule has 1 fully saturated rings. The molecule has 4 heteroatoms. The number of rotatable bonds is 7. The van der Waals surface area contributed by atoms with Crippen molar-refractivity contribution in [3.05, 3.63) is 71.3 Å². The van der Waals surface area contributed by atoms with E-state index in [9.17, 15) is 14.7 Å². The highest BCUT2D eigenvalue weighted by molar-refractivity contribution is 5.91. The third-order valence-corrected chi connectivity index (χ3v) is 4.90. The van der Waals surface area contributed by atoms with E-state index in [1.807, 2.05) is 35.2 Å². The molecule has 0 aliphatic heterocycles. The first-order valence-electron chi connectivity index (χ1n) is 8.71. The normalized spacial score (nSPS) is 14.8. The number of aromatic carboxylic acids is 1. The van der Waals surface area contributed by atoms with Crippen LogP contribution in [0.3, 0.4) is 0 Å². The summed E-state index contributed by atoms with van der Waals surface area (Å²) in [4.78, 5) is 26.3. The molecular formula is C21H23NO3. The van der Waals surface area contributed by atoms with E-state index in [4.69, 9.17) is 0 Å². The van der Waals surface area contributed by atoms with Gasteiger partial charge in [-0.3, -0.25) is 4.79 Å². The van der Waals surface area contributed by atoms with Crippen molar-refractivity contribution in [2.24, 2.45) is 5.92 Å². The zero-order valence-corrected chi connectivity index (χ0v) is 14.4. The number of carboxylic acids is 1. The summed E-state index contributed by atoms with van der Waals surface area (Å²) in [6.45, 7) is 2.66. The second-order valence-electron chi connectivity index (χ2n) is 6.72. The Morgan fingerprint density at radius 3 is 2.36 bits per heavy atom. The van der Waals surface area contributed by atoms with Gasteiger partial charge in [-0.1, -0.05) is 48.5 Å².